The minimum absolute atomic E-state index is 0.0767. The summed E-state index contributed by atoms with van der Waals surface area (Å²) < 4.78 is 1.90. The van der Waals surface area contributed by atoms with E-state index >= 15 is 0 Å². The van der Waals surface area contributed by atoms with Gasteiger partial charge < -0.3 is 9.88 Å². The molecule has 122 valence electrons. The Balaban J connectivity index is 1.66. The van der Waals surface area contributed by atoms with E-state index in [1.807, 2.05) is 30.7 Å². The molecule has 0 radical (unpaired) electrons. The third kappa shape index (κ3) is 3.72. The highest BCUT2D eigenvalue weighted by molar-refractivity contribution is 8.00. The van der Waals surface area contributed by atoms with Gasteiger partial charge in [-0.25, -0.2) is 0 Å². The van der Waals surface area contributed by atoms with E-state index in [0.29, 0.717) is 6.04 Å². The largest absolute Gasteiger partial charge is 0.352 e. The van der Waals surface area contributed by atoms with Gasteiger partial charge in [-0.3, -0.25) is 9.78 Å². The molecule has 7 heteroatoms. The number of hydrogen-bond donors (Lipinski definition) is 1. The predicted octanol–water partition coefficient (Wildman–Crippen LogP) is 2.42. The molecule has 0 bridgehead atoms. The number of aromatic nitrogens is 4. The van der Waals surface area contributed by atoms with Gasteiger partial charge in [-0.2, -0.15) is 0 Å². The Hall–Kier alpha value is -1.89. The highest BCUT2D eigenvalue weighted by Gasteiger charge is 2.23. The third-order valence-corrected chi connectivity index (χ3v) is 5.24. The molecule has 0 aromatic carbocycles. The van der Waals surface area contributed by atoms with Crippen LogP contribution in [0, 0.1) is 0 Å². The number of carbonyl (C=O) groups is 1. The van der Waals surface area contributed by atoms with Crippen molar-refractivity contribution in [3.05, 3.63) is 24.5 Å². The van der Waals surface area contributed by atoms with Crippen molar-refractivity contribution < 1.29 is 4.79 Å². The summed E-state index contributed by atoms with van der Waals surface area (Å²) in [4.78, 5) is 16.4. The summed E-state index contributed by atoms with van der Waals surface area (Å²) in [5, 5.41) is 12.1. The second-order valence-corrected chi connectivity index (χ2v) is 7.16. The number of nitrogens with one attached hydrogen (secondary N) is 1. The molecule has 0 saturated heterocycles. The van der Waals surface area contributed by atoms with E-state index < -0.39 is 0 Å². The zero-order chi connectivity index (χ0) is 16.2. The first kappa shape index (κ1) is 16.0. The number of pyridine rings is 1. The molecule has 2 heterocycles. The number of rotatable bonds is 5. The van der Waals surface area contributed by atoms with Crippen molar-refractivity contribution in [2.45, 2.75) is 49.1 Å². The summed E-state index contributed by atoms with van der Waals surface area (Å²) in [5.41, 5.74) is 0.914. The molecular weight excluding hydrogens is 310 g/mol. The Labute approximate surface area is 140 Å². The fourth-order valence-electron chi connectivity index (χ4n) is 2.76. The average molecular weight is 331 g/mol. The lowest BCUT2D eigenvalue weighted by molar-refractivity contribution is -0.120. The Kier molecular flexibility index (Phi) is 4.95. The van der Waals surface area contributed by atoms with E-state index in [9.17, 15) is 4.79 Å². The first-order valence-corrected chi connectivity index (χ1v) is 8.80. The zero-order valence-corrected chi connectivity index (χ0v) is 14.2. The minimum atomic E-state index is -0.194. The number of carbonyl (C=O) groups excluding carboxylic acids is 1. The fourth-order valence-corrected chi connectivity index (χ4v) is 3.59. The van der Waals surface area contributed by atoms with E-state index in [4.69, 9.17) is 0 Å². The van der Waals surface area contributed by atoms with Gasteiger partial charge in [-0.05, 0) is 31.9 Å². The molecule has 0 aliphatic heterocycles. The smallest absolute Gasteiger partial charge is 0.233 e. The van der Waals surface area contributed by atoms with E-state index in [1.54, 1.807) is 12.4 Å². The van der Waals surface area contributed by atoms with Crippen LogP contribution in [0.1, 0.15) is 32.6 Å². The van der Waals surface area contributed by atoms with Crippen LogP contribution in [0.4, 0.5) is 0 Å². The van der Waals surface area contributed by atoms with Gasteiger partial charge in [0.25, 0.3) is 0 Å². The molecule has 1 aliphatic carbocycles. The lowest BCUT2D eigenvalue weighted by Gasteiger charge is -2.15. The Bertz CT molecular complexity index is 666. The number of thioether (sulfide) groups is 1. The molecule has 1 N–H and O–H groups in total. The van der Waals surface area contributed by atoms with Gasteiger partial charge in [0.15, 0.2) is 11.0 Å². The lowest BCUT2D eigenvalue weighted by Crippen LogP contribution is -2.37. The summed E-state index contributed by atoms with van der Waals surface area (Å²) >= 11 is 1.43. The first-order chi connectivity index (χ1) is 11.1. The van der Waals surface area contributed by atoms with Gasteiger partial charge >= 0.3 is 0 Å². The van der Waals surface area contributed by atoms with Crippen LogP contribution in [0.5, 0.6) is 0 Å². The van der Waals surface area contributed by atoms with Crippen LogP contribution >= 0.6 is 11.8 Å². The summed E-state index contributed by atoms with van der Waals surface area (Å²) in [7, 11) is 1.91. The Morgan fingerprint density at radius 3 is 2.87 bits per heavy atom. The molecule has 3 rings (SSSR count). The second kappa shape index (κ2) is 7.12. The van der Waals surface area contributed by atoms with Crippen LogP contribution < -0.4 is 5.32 Å². The molecular formula is C16H21N5OS. The number of hydrogen-bond acceptors (Lipinski definition) is 5. The van der Waals surface area contributed by atoms with Crippen LogP contribution in [-0.2, 0) is 11.8 Å². The van der Waals surface area contributed by atoms with Gasteiger partial charge in [0.2, 0.25) is 5.91 Å². The van der Waals surface area contributed by atoms with E-state index in [1.165, 1.54) is 24.6 Å². The van der Waals surface area contributed by atoms with Crippen molar-refractivity contribution in [3.8, 4) is 11.4 Å². The molecule has 1 fully saturated rings. The summed E-state index contributed by atoms with van der Waals surface area (Å²) in [6, 6.07) is 4.16. The molecule has 1 saturated carbocycles. The highest BCUT2D eigenvalue weighted by Crippen LogP contribution is 2.26. The maximum absolute atomic E-state index is 12.3. The second-order valence-electron chi connectivity index (χ2n) is 5.86. The van der Waals surface area contributed by atoms with Crippen LogP contribution in [0.25, 0.3) is 11.4 Å². The fraction of sp³-hybridized carbons (Fsp3) is 0.500. The van der Waals surface area contributed by atoms with Crippen molar-refractivity contribution in [3.63, 3.8) is 0 Å². The quantitative estimate of drug-likeness (QED) is 0.852. The molecule has 2 aromatic heterocycles. The molecule has 6 nitrogen and oxygen atoms in total. The normalized spacial score (nSPS) is 16.4. The topological polar surface area (TPSA) is 72.7 Å². The van der Waals surface area contributed by atoms with Gasteiger partial charge in [-0.1, -0.05) is 24.6 Å². The molecule has 0 spiro atoms. The zero-order valence-electron chi connectivity index (χ0n) is 13.4. The summed E-state index contributed by atoms with van der Waals surface area (Å²) in [5.74, 6) is 0.830. The average Bonchev–Trinajstić information content (AvgIpc) is 3.19. The van der Waals surface area contributed by atoms with Crippen LogP contribution in [0.3, 0.4) is 0 Å². The standard InChI is InChI=1S/C16H21N5OS/c1-11(15(22)18-13-7-3-4-8-13)23-16-20-19-14(21(16)2)12-6-5-9-17-10-12/h5-6,9-11,13H,3-4,7-8H2,1-2H3,(H,18,22). The molecule has 1 atom stereocenters. The van der Waals surface area contributed by atoms with E-state index in [0.717, 1.165) is 29.4 Å². The summed E-state index contributed by atoms with van der Waals surface area (Å²) in [6.07, 6.45) is 8.10. The molecule has 23 heavy (non-hydrogen) atoms. The van der Waals surface area contributed by atoms with Gasteiger partial charge in [0, 0.05) is 31.0 Å². The Morgan fingerprint density at radius 1 is 1.39 bits per heavy atom. The number of nitrogens with zero attached hydrogens (tertiary/aromatic N) is 4. The van der Waals surface area contributed by atoms with E-state index in [-0.39, 0.29) is 11.2 Å². The van der Waals surface area contributed by atoms with E-state index in [2.05, 4.69) is 20.5 Å². The molecule has 1 amide bonds. The van der Waals surface area contributed by atoms with Crippen molar-refractivity contribution >= 4 is 17.7 Å². The highest BCUT2D eigenvalue weighted by atomic mass is 32.2. The lowest BCUT2D eigenvalue weighted by atomic mass is 10.2. The van der Waals surface area contributed by atoms with Crippen molar-refractivity contribution in [2.24, 2.45) is 7.05 Å². The maximum Gasteiger partial charge on any atom is 0.233 e. The molecule has 1 unspecified atom stereocenters. The summed E-state index contributed by atoms with van der Waals surface area (Å²) in [6.45, 7) is 1.91. The van der Waals surface area contributed by atoms with Crippen molar-refractivity contribution in [1.82, 2.24) is 25.1 Å². The monoisotopic (exact) mass is 331 g/mol. The maximum atomic E-state index is 12.3. The van der Waals surface area contributed by atoms with Gasteiger partial charge in [-0.15, -0.1) is 10.2 Å². The SMILES string of the molecule is CC(Sc1nnc(-c2cccnc2)n1C)C(=O)NC1CCCC1. The van der Waals surface area contributed by atoms with Crippen LogP contribution in [-0.4, -0.2) is 36.9 Å². The first-order valence-electron chi connectivity index (χ1n) is 7.92. The van der Waals surface area contributed by atoms with Crippen LogP contribution in [0.15, 0.2) is 29.7 Å². The predicted molar refractivity (Wildman–Crippen MR) is 90.0 cm³/mol. The third-order valence-electron chi connectivity index (χ3n) is 4.11. The molecule has 1 aliphatic rings. The Morgan fingerprint density at radius 2 is 2.17 bits per heavy atom. The van der Waals surface area contributed by atoms with Crippen molar-refractivity contribution in [1.29, 1.82) is 0 Å². The minimum Gasteiger partial charge on any atom is -0.352 e. The van der Waals surface area contributed by atoms with Crippen molar-refractivity contribution in [2.75, 3.05) is 0 Å². The van der Waals surface area contributed by atoms with Gasteiger partial charge in [0.05, 0.1) is 5.25 Å². The van der Waals surface area contributed by atoms with Gasteiger partial charge in [0.1, 0.15) is 0 Å². The number of amides is 1. The molecule has 2 aromatic rings. The van der Waals surface area contributed by atoms with Crippen LogP contribution in [0.2, 0.25) is 0 Å².